The molecule has 0 aromatic rings. The van der Waals surface area contributed by atoms with E-state index in [4.69, 9.17) is 15.6 Å². The van der Waals surface area contributed by atoms with E-state index >= 15 is 0 Å². The fourth-order valence-corrected chi connectivity index (χ4v) is 2.01. The quantitative estimate of drug-likeness (QED) is 0.648. The first-order valence-corrected chi connectivity index (χ1v) is 5.32. The number of amides is 1. The number of nitrogens with two attached hydrogens (primary N) is 1. The lowest BCUT2D eigenvalue weighted by Gasteiger charge is -2.28. The van der Waals surface area contributed by atoms with Crippen molar-refractivity contribution in [3.8, 4) is 0 Å². The summed E-state index contributed by atoms with van der Waals surface area (Å²) in [4.78, 5) is 24.3. The molecule has 2 fully saturated rings. The average Bonchev–Trinajstić information content (AvgIpc) is 2.83. The van der Waals surface area contributed by atoms with Crippen molar-refractivity contribution in [2.45, 2.75) is 24.4 Å². The second kappa shape index (κ2) is 3.71. The van der Waals surface area contributed by atoms with Gasteiger partial charge >= 0.3 is 5.97 Å². The molecular weight excluding hydrogens is 212 g/mol. The van der Waals surface area contributed by atoms with Crippen LogP contribution in [0.25, 0.3) is 0 Å². The van der Waals surface area contributed by atoms with Gasteiger partial charge < -0.3 is 20.5 Å². The third kappa shape index (κ3) is 1.78. The van der Waals surface area contributed by atoms with Gasteiger partial charge in [-0.15, -0.1) is 0 Å². The molecule has 2 unspecified atom stereocenters. The first kappa shape index (κ1) is 11.3. The number of carboxylic acids is 1. The molecule has 0 aromatic carbocycles. The minimum Gasteiger partial charge on any atom is -0.481 e. The zero-order valence-corrected chi connectivity index (χ0v) is 9.18. The van der Waals surface area contributed by atoms with Gasteiger partial charge in [0.15, 0.2) is 0 Å². The van der Waals surface area contributed by atoms with Gasteiger partial charge in [0.25, 0.3) is 0 Å². The van der Waals surface area contributed by atoms with Crippen LogP contribution in [0.3, 0.4) is 0 Å². The van der Waals surface area contributed by atoms with Crippen LogP contribution in [-0.2, 0) is 14.3 Å². The Balaban J connectivity index is 2.06. The van der Waals surface area contributed by atoms with E-state index in [-0.39, 0.29) is 19.1 Å². The summed E-state index contributed by atoms with van der Waals surface area (Å²) >= 11 is 0. The Hall–Kier alpha value is -1.14. The van der Waals surface area contributed by atoms with Crippen molar-refractivity contribution < 1.29 is 19.4 Å². The molecule has 6 nitrogen and oxygen atoms in total. The van der Waals surface area contributed by atoms with Crippen molar-refractivity contribution in [1.29, 1.82) is 0 Å². The van der Waals surface area contributed by atoms with Gasteiger partial charge in [-0.05, 0) is 12.8 Å². The molecule has 1 saturated heterocycles. The van der Waals surface area contributed by atoms with Crippen LogP contribution in [0.5, 0.6) is 0 Å². The van der Waals surface area contributed by atoms with E-state index < -0.39 is 23.5 Å². The summed E-state index contributed by atoms with van der Waals surface area (Å²) in [5.41, 5.74) is 5.05. The van der Waals surface area contributed by atoms with Crippen LogP contribution in [0.2, 0.25) is 0 Å². The molecule has 0 bridgehead atoms. The number of rotatable bonds is 3. The maximum absolute atomic E-state index is 11.9. The molecule has 0 radical (unpaired) electrons. The Bertz CT molecular complexity index is 327. The number of carbonyl (C=O) groups is 2. The highest BCUT2D eigenvalue weighted by Crippen LogP contribution is 2.35. The number of carboxylic acid groups (broad SMARTS) is 1. The van der Waals surface area contributed by atoms with Gasteiger partial charge in [-0.3, -0.25) is 9.59 Å². The largest absolute Gasteiger partial charge is 0.481 e. The number of nitrogens with zero attached hydrogens (tertiary/aromatic N) is 1. The van der Waals surface area contributed by atoms with Crippen molar-refractivity contribution in [2.75, 3.05) is 20.3 Å². The smallest absolute Gasteiger partial charge is 0.311 e. The number of hydrogen-bond acceptors (Lipinski definition) is 4. The van der Waals surface area contributed by atoms with Gasteiger partial charge in [0.05, 0.1) is 24.8 Å². The van der Waals surface area contributed by atoms with E-state index in [1.807, 2.05) is 0 Å². The second-order valence-electron chi connectivity index (χ2n) is 4.62. The Morgan fingerprint density at radius 2 is 2.06 bits per heavy atom. The molecule has 3 N–H and O–H groups in total. The predicted octanol–water partition coefficient (Wildman–Crippen LogP) is -0.964. The predicted molar refractivity (Wildman–Crippen MR) is 54.7 cm³/mol. The standard InChI is InChI=1S/C10H16N2O4/c1-12(9(15)10(11)2-3-10)7-5-16-4-6(7)8(13)14/h6-7H,2-5,11H2,1H3,(H,13,14). The van der Waals surface area contributed by atoms with Gasteiger partial charge in [0.2, 0.25) is 5.91 Å². The first-order valence-electron chi connectivity index (χ1n) is 5.32. The Labute approximate surface area is 93.3 Å². The lowest BCUT2D eigenvalue weighted by molar-refractivity contribution is -0.145. The number of hydrogen-bond donors (Lipinski definition) is 2. The summed E-state index contributed by atoms with van der Waals surface area (Å²) in [6.07, 6.45) is 1.36. The van der Waals surface area contributed by atoms with E-state index in [9.17, 15) is 9.59 Å². The summed E-state index contributed by atoms with van der Waals surface area (Å²) in [5.74, 6) is -1.74. The molecule has 2 atom stereocenters. The molecule has 1 aliphatic heterocycles. The molecule has 1 heterocycles. The van der Waals surface area contributed by atoms with Crippen molar-refractivity contribution in [3.05, 3.63) is 0 Å². The van der Waals surface area contributed by atoms with Gasteiger partial charge in [-0.25, -0.2) is 0 Å². The van der Waals surface area contributed by atoms with E-state index in [1.165, 1.54) is 4.90 Å². The fraction of sp³-hybridized carbons (Fsp3) is 0.800. The van der Waals surface area contributed by atoms with Crippen LogP contribution in [0.15, 0.2) is 0 Å². The highest BCUT2D eigenvalue weighted by molar-refractivity contribution is 5.89. The van der Waals surface area contributed by atoms with E-state index in [1.54, 1.807) is 7.05 Å². The monoisotopic (exact) mass is 228 g/mol. The molecule has 2 aliphatic rings. The number of ether oxygens (including phenoxy) is 1. The SMILES string of the molecule is CN(C(=O)C1(N)CC1)C1COCC1C(=O)O. The van der Waals surface area contributed by atoms with Crippen LogP contribution < -0.4 is 5.73 Å². The zero-order chi connectivity index (χ0) is 11.9. The lowest BCUT2D eigenvalue weighted by atomic mass is 10.0. The molecule has 1 aliphatic carbocycles. The van der Waals surface area contributed by atoms with E-state index in [2.05, 4.69) is 0 Å². The summed E-state index contributed by atoms with van der Waals surface area (Å²) < 4.78 is 5.12. The highest BCUT2D eigenvalue weighted by atomic mass is 16.5. The molecule has 16 heavy (non-hydrogen) atoms. The van der Waals surface area contributed by atoms with Gasteiger partial charge in [-0.1, -0.05) is 0 Å². The first-order chi connectivity index (χ1) is 7.46. The van der Waals surface area contributed by atoms with Crippen molar-refractivity contribution in [2.24, 2.45) is 11.7 Å². The highest BCUT2D eigenvalue weighted by Gasteiger charge is 2.50. The van der Waals surface area contributed by atoms with Crippen molar-refractivity contribution >= 4 is 11.9 Å². The van der Waals surface area contributed by atoms with E-state index in [0.29, 0.717) is 12.8 Å². The number of carbonyl (C=O) groups excluding carboxylic acids is 1. The molecule has 0 spiro atoms. The molecule has 6 heteroatoms. The lowest BCUT2D eigenvalue weighted by Crippen LogP contribution is -2.51. The Morgan fingerprint density at radius 1 is 1.44 bits per heavy atom. The van der Waals surface area contributed by atoms with E-state index in [0.717, 1.165) is 0 Å². The van der Waals surface area contributed by atoms with Crippen LogP contribution in [0.1, 0.15) is 12.8 Å². The number of likely N-dealkylation sites (N-methyl/N-ethyl adjacent to an activating group) is 1. The molecule has 1 saturated carbocycles. The van der Waals surface area contributed by atoms with Crippen LogP contribution in [0, 0.1) is 5.92 Å². The Kier molecular flexibility index (Phi) is 2.63. The molecule has 0 aromatic heterocycles. The van der Waals surface area contributed by atoms with Gasteiger partial charge in [0.1, 0.15) is 5.92 Å². The maximum atomic E-state index is 11.9. The molecular formula is C10H16N2O4. The minimum absolute atomic E-state index is 0.162. The van der Waals surface area contributed by atoms with Crippen molar-refractivity contribution in [1.82, 2.24) is 4.90 Å². The average molecular weight is 228 g/mol. The molecule has 1 amide bonds. The normalized spacial score (nSPS) is 31.1. The summed E-state index contributed by atoms with van der Waals surface area (Å²) in [5, 5.41) is 8.98. The van der Waals surface area contributed by atoms with Crippen LogP contribution >= 0.6 is 0 Å². The van der Waals surface area contributed by atoms with Crippen LogP contribution in [-0.4, -0.2) is 53.7 Å². The zero-order valence-electron chi connectivity index (χ0n) is 9.18. The molecule has 90 valence electrons. The summed E-state index contributed by atoms with van der Waals surface area (Å²) in [6, 6.07) is -0.397. The third-order valence-electron chi connectivity index (χ3n) is 3.40. The topological polar surface area (TPSA) is 92.9 Å². The Morgan fingerprint density at radius 3 is 2.56 bits per heavy atom. The summed E-state index contributed by atoms with van der Waals surface area (Å²) in [6.45, 7) is 0.435. The minimum atomic E-state index is -0.927. The second-order valence-corrected chi connectivity index (χ2v) is 4.62. The molecule has 2 rings (SSSR count). The van der Waals surface area contributed by atoms with Crippen molar-refractivity contribution in [3.63, 3.8) is 0 Å². The van der Waals surface area contributed by atoms with Gasteiger partial charge in [0, 0.05) is 7.05 Å². The third-order valence-corrected chi connectivity index (χ3v) is 3.40. The summed E-state index contributed by atoms with van der Waals surface area (Å²) in [7, 11) is 1.60. The van der Waals surface area contributed by atoms with Gasteiger partial charge in [-0.2, -0.15) is 0 Å². The van der Waals surface area contributed by atoms with Crippen LogP contribution in [0.4, 0.5) is 0 Å². The number of aliphatic carboxylic acids is 1. The fourth-order valence-electron chi connectivity index (χ4n) is 2.01. The maximum Gasteiger partial charge on any atom is 0.311 e.